The molecule has 2 amide bonds. The predicted octanol–water partition coefficient (Wildman–Crippen LogP) is 2.84. The normalized spacial score (nSPS) is 15.7. The number of rotatable bonds is 6. The average molecular weight is 340 g/mol. The first kappa shape index (κ1) is 15.2. The summed E-state index contributed by atoms with van der Waals surface area (Å²) in [4.78, 5) is 25.9. The Morgan fingerprint density at radius 2 is 1.90 bits per heavy atom. The van der Waals surface area contributed by atoms with Crippen LogP contribution in [-0.4, -0.2) is 35.0 Å². The number of aliphatic hydroxyl groups excluding tert-OH is 1. The summed E-state index contributed by atoms with van der Waals surface area (Å²) in [6, 6.07) is 5.14. The summed E-state index contributed by atoms with van der Waals surface area (Å²) < 4.78 is 0.791. The molecule has 0 bridgehead atoms. The van der Waals surface area contributed by atoms with E-state index in [1.165, 1.54) is 4.90 Å². The van der Waals surface area contributed by atoms with Crippen molar-refractivity contribution in [3.8, 4) is 0 Å². The van der Waals surface area contributed by atoms with Crippen LogP contribution in [0.15, 0.2) is 22.7 Å². The van der Waals surface area contributed by atoms with Crippen molar-refractivity contribution in [1.29, 1.82) is 0 Å². The molecule has 1 atom stereocenters. The van der Waals surface area contributed by atoms with Gasteiger partial charge in [0.15, 0.2) is 0 Å². The molecule has 108 valence electrons. The van der Waals surface area contributed by atoms with Gasteiger partial charge in [0.25, 0.3) is 11.8 Å². The molecule has 1 N–H and O–H groups in total. The lowest BCUT2D eigenvalue weighted by Crippen LogP contribution is -2.35. The highest BCUT2D eigenvalue weighted by Crippen LogP contribution is 2.27. The number of halogens is 1. The highest BCUT2D eigenvalue weighted by Gasteiger charge is 2.36. The molecular formula is C15H18BrNO3. The van der Waals surface area contributed by atoms with E-state index in [1.54, 1.807) is 18.2 Å². The van der Waals surface area contributed by atoms with Gasteiger partial charge in [0.2, 0.25) is 0 Å². The molecule has 0 saturated heterocycles. The minimum atomic E-state index is -0.231. The fraction of sp³-hybridized carbons (Fsp3) is 0.467. The Kier molecular flexibility index (Phi) is 4.94. The van der Waals surface area contributed by atoms with E-state index in [0.717, 1.165) is 17.3 Å². The topological polar surface area (TPSA) is 57.6 Å². The molecule has 0 radical (unpaired) electrons. The zero-order chi connectivity index (χ0) is 14.7. The molecule has 1 aromatic carbocycles. The molecule has 20 heavy (non-hydrogen) atoms. The number of carbonyl (C=O) groups excluding carboxylic acids is 2. The van der Waals surface area contributed by atoms with Crippen LogP contribution in [0.5, 0.6) is 0 Å². The molecule has 1 unspecified atom stereocenters. The number of nitrogens with zero attached hydrogens (tertiary/aromatic N) is 1. The molecule has 1 aliphatic heterocycles. The first-order valence-corrected chi connectivity index (χ1v) is 7.64. The summed E-state index contributed by atoms with van der Waals surface area (Å²) in [5, 5.41) is 9.08. The van der Waals surface area contributed by atoms with Gasteiger partial charge in [-0.2, -0.15) is 0 Å². The molecule has 1 aromatic rings. The molecule has 0 aromatic heterocycles. The van der Waals surface area contributed by atoms with Gasteiger partial charge in [0.05, 0.1) is 11.1 Å². The largest absolute Gasteiger partial charge is 0.396 e. The van der Waals surface area contributed by atoms with Crippen LogP contribution in [0.25, 0.3) is 0 Å². The van der Waals surface area contributed by atoms with Crippen LogP contribution < -0.4 is 0 Å². The number of fused-ring (bicyclic) bond motifs is 1. The summed E-state index contributed by atoms with van der Waals surface area (Å²) in [5.41, 5.74) is 0.932. The third-order valence-electron chi connectivity index (χ3n) is 3.61. The smallest absolute Gasteiger partial charge is 0.261 e. The molecular weight excluding hydrogens is 322 g/mol. The predicted molar refractivity (Wildman–Crippen MR) is 79.6 cm³/mol. The maximum atomic E-state index is 12.3. The maximum Gasteiger partial charge on any atom is 0.261 e. The van der Waals surface area contributed by atoms with E-state index in [9.17, 15) is 9.59 Å². The van der Waals surface area contributed by atoms with Crippen LogP contribution in [0.2, 0.25) is 0 Å². The van der Waals surface area contributed by atoms with Gasteiger partial charge in [-0.25, -0.2) is 0 Å². The van der Waals surface area contributed by atoms with E-state index in [-0.39, 0.29) is 24.3 Å². The van der Waals surface area contributed by atoms with Crippen molar-refractivity contribution in [2.24, 2.45) is 5.92 Å². The summed E-state index contributed by atoms with van der Waals surface area (Å²) in [6.07, 6.45) is 2.49. The lowest BCUT2D eigenvalue weighted by atomic mass is 9.99. The fourth-order valence-electron chi connectivity index (χ4n) is 2.60. The van der Waals surface area contributed by atoms with Crippen LogP contribution in [-0.2, 0) is 0 Å². The van der Waals surface area contributed by atoms with Gasteiger partial charge < -0.3 is 5.11 Å². The van der Waals surface area contributed by atoms with Gasteiger partial charge in [-0.05, 0) is 37.0 Å². The molecule has 0 saturated carbocycles. The lowest BCUT2D eigenvalue weighted by Gasteiger charge is -2.21. The molecule has 1 heterocycles. The van der Waals surface area contributed by atoms with E-state index in [4.69, 9.17) is 5.11 Å². The van der Waals surface area contributed by atoms with Crippen LogP contribution in [0.4, 0.5) is 0 Å². The van der Waals surface area contributed by atoms with E-state index >= 15 is 0 Å². The quantitative estimate of drug-likeness (QED) is 0.810. The van der Waals surface area contributed by atoms with Crippen molar-refractivity contribution < 1.29 is 14.7 Å². The van der Waals surface area contributed by atoms with Gasteiger partial charge in [0, 0.05) is 17.6 Å². The van der Waals surface area contributed by atoms with E-state index in [0.29, 0.717) is 24.1 Å². The zero-order valence-corrected chi connectivity index (χ0v) is 13.0. The Hall–Kier alpha value is -1.20. The third kappa shape index (κ3) is 2.94. The van der Waals surface area contributed by atoms with Gasteiger partial charge in [-0.15, -0.1) is 0 Å². The number of amides is 2. The summed E-state index contributed by atoms with van der Waals surface area (Å²) in [5.74, 6) is -0.294. The zero-order valence-electron chi connectivity index (χ0n) is 11.4. The Labute approximate surface area is 126 Å². The SMILES string of the molecule is CCCC(CCO)CN1C(=O)c2ccc(Br)cc2C1=O. The first-order valence-electron chi connectivity index (χ1n) is 6.85. The highest BCUT2D eigenvalue weighted by atomic mass is 79.9. The second kappa shape index (κ2) is 6.50. The molecule has 0 spiro atoms. The number of imide groups is 1. The van der Waals surface area contributed by atoms with Crippen molar-refractivity contribution in [3.63, 3.8) is 0 Å². The van der Waals surface area contributed by atoms with Crippen molar-refractivity contribution in [1.82, 2.24) is 4.90 Å². The Morgan fingerprint density at radius 3 is 2.55 bits per heavy atom. The van der Waals surface area contributed by atoms with Crippen LogP contribution in [0.1, 0.15) is 46.9 Å². The number of aliphatic hydroxyl groups is 1. The molecule has 2 rings (SSSR count). The summed E-state index contributed by atoms with van der Waals surface area (Å²) in [6.45, 7) is 2.53. The first-order chi connectivity index (χ1) is 9.58. The molecule has 5 heteroatoms. The minimum absolute atomic E-state index is 0.0827. The Bertz CT molecular complexity index is 524. The fourth-order valence-corrected chi connectivity index (χ4v) is 2.97. The minimum Gasteiger partial charge on any atom is -0.396 e. The van der Waals surface area contributed by atoms with Crippen molar-refractivity contribution in [2.75, 3.05) is 13.2 Å². The molecule has 4 nitrogen and oxygen atoms in total. The summed E-state index contributed by atoms with van der Waals surface area (Å²) >= 11 is 3.32. The summed E-state index contributed by atoms with van der Waals surface area (Å²) in [7, 11) is 0. The highest BCUT2D eigenvalue weighted by molar-refractivity contribution is 9.10. The molecule has 1 aliphatic rings. The second-order valence-electron chi connectivity index (χ2n) is 5.08. The second-order valence-corrected chi connectivity index (χ2v) is 5.99. The number of carbonyl (C=O) groups is 2. The van der Waals surface area contributed by atoms with Crippen LogP contribution >= 0.6 is 15.9 Å². The lowest BCUT2D eigenvalue weighted by molar-refractivity contribution is 0.0616. The number of hydrogen-bond acceptors (Lipinski definition) is 3. The van der Waals surface area contributed by atoms with Crippen molar-refractivity contribution in [2.45, 2.75) is 26.2 Å². The van der Waals surface area contributed by atoms with Gasteiger partial charge in [-0.1, -0.05) is 29.3 Å². The van der Waals surface area contributed by atoms with E-state index < -0.39 is 0 Å². The maximum absolute atomic E-state index is 12.3. The standard InChI is InChI=1S/C15H18BrNO3/c1-2-3-10(6-7-18)9-17-14(19)12-5-4-11(16)8-13(12)15(17)20/h4-5,8,10,18H,2-3,6-7,9H2,1H3. The van der Waals surface area contributed by atoms with E-state index in [1.807, 2.05) is 0 Å². The number of hydrogen-bond donors (Lipinski definition) is 1. The molecule has 0 aliphatic carbocycles. The molecule has 0 fully saturated rings. The van der Waals surface area contributed by atoms with Gasteiger partial charge in [-0.3, -0.25) is 14.5 Å². The van der Waals surface area contributed by atoms with Crippen LogP contribution in [0.3, 0.4) is 0 Å². The Balaban J connectivity index is 2.19. The Morgan fingerprint density at radius 1 is 1.20 bits per heavy atom. The van der Waals surface area contributed by atoms with Gasteiger partial charge >= 0.3 is 0 Å². The van der Waals surface area contributed by atoms with Crippen LogP contribution in [0, 0.1) is 5.92 Å². The number of benzene rings is 1. The van der Waals surface area contributed by atoms with Gasteiger partial charge in [0.1, 0.15) is 0 Å². The van der Waals surface area contributed by atoms with Crippen molar-refractivity contribution >= 4 is 27.7 Å². The van der Waals surface area contributed by atoms with E-state index in [2.05, 4.69) is 22.9 Å². The monoisotopic (exact) mass is 339 g/mol. The average Bonchev–Trinajstić information content (AvgIpc) is 2.64. The van der Waals surface area contributed by atoms with Crippen molar-refractivity contribution in [3.05, 3.63) is 33.8 Å². The third-order valence-corrected chi connectivity index (χ3v) is 4.10.